The highest BCUT2D eigenvalue weighted by Gasteiger charge is 2.53. The van der Waals surface area contributed by atoms with Crippen LogP contribution in [0.4, 0.5) is 0 Å². The van der Waals surface area contributed by atoms with Gasteiger partial charge in [0.1, 0.15) is 57.1 Å². The molecule has 0 bridgehead atoms. The van der Waals surface area contributed by atoms with E-state index in [0.717, 1.165) is 89.8 Å². The predicted octanol–water partition coefficient (Wildman–Crippen LogP) is 18.4. The van der Waals surface area contributed by atoms with Gasteiger partial charge in [-0.15, -0.1) is 0 Å². The molecule has 122 heavy (non-hydrogen) atoms. The third kappa shape index (κ3) is 22.3. The van der Waals surface area contributed by atoms with Gasteiger partial charge in [-0.3, -0.25) is 14.4 Å². The summed E-state index contributed by atoms with van der Waals surface area (Å²) in [5, 5.41) is 21.5. The van der Waals surface area contributed by atoms with Gasteiger partial charge < -0.3 is 59.4 Å². The summed E-state index contributed by atoms with van der Waals surface area (Å²) in [4.78, 5) is 116. The summed E-state index contributed by atoms with van der Waals surface area (Å²) < 4.78 is 31.8. The molecule has 0 radical (unpaired) electrons. The molecule has 3 atom stereocenters. The van der Waals surface area contributed by atoms with Crippen LogP contribution < -0.4 is 30.2 Å². The first-order valence-electron chi connectivity index (χ1n) is 42.9. The highest BCUT2D eigenvalue weighted by Crippen LogP contribution is 2.44. The summed E-state index contributed by atoms with van der Waals surface area (Å²) >= 11 is 20.5. The maximum Gasteiger partial charge on any atom is 0.339 e. The van der Waals surface area contributed by atoms with Crippen LogP contribution in [-0.2, 0) is 43.1 Å². The number of aliphatic hydroxyl groups is 1. The van der Waals surface area contributed by atoms with Crippen molar-refractivity contribution in [2.75, 3.05) is 81.7 Å². The number of benzene rings is 6. The topological polar surface area (TPSA) is 253 Å². The fourth-order valence-electron chi connectivity index (χ4n) is 16.9. The first-order chi connectivity index (χ1) is 58.7. The maximum atomic E-state index is 16.1. The standard InChI is InChI=1S/C98H114Cl3N9O12/c1-11-26-66-29-17-20-33-74(66)77-39-45-82(103-89(77)68-35-41-79(100)85(58-68)119-56-25-54-109(7)8)91(113)106-97(51-46-70(111)47-52-97)93(115)121-71-30-23-50-98(60-71,107-92(114)83-44-38-76(73-32-19-16-28-65(73)13-3)88(104-83)69-36-42-80(101)86(59-69)120-62-63(4)61-110(9)10)95(117)122-94(116)96(48-21-14-22-49-96)105-90(112)81-43-37-75(72-31-18-15-27-64(72)12-2)87(102-81)67-34-40-78(99)84(57-67)118-55-24-53-108(5)6/h15-20,27-29,31-45,57-59,63,70-71,111H,11-14,21-26,30,46-56,60-62H2,1-10H3,(H,105,112)(H,106,113)(H,107,114). The Labute approximate surface area is 732 Å². The number of amides is 3. The molecule has 3 aromatic heterocycles. The SMILES string of the molecule is CCCc1ccccc1-c1ccc(C(=O)NC2(C(=O)OC3CCCC(NC(=O)c4ccc(-c5ccccc5CC)c(-c5ccc(Cl)c(OCC(C)CN(C)C)c5)n4)(C(=O)OC(=O)C4(NC(=O)c5ccc(-c6ccccc6CC)c(-c6ccc(Cl)c(OCCCN(C)C)c6)n5)CCCCC4)C3)CCC(O)CC2)nc1-c1ccc(Cl)c(OCCCN(C)C)c1. The maximum absolute atomic E-state index is 16.1. The zero-order valence-corrected chi connectivity index (χ0v) is 74.0. The number of hydrogen-bond donors (Lipinski definition) is 4. The Balaban J connectivity index is 0.896. The van der Waals surface area contributed by atoms with E-state index >= 15 is 28.8 Å². The summed E-state index contributed by atoms with van der Waals surface area (Å²) in [7, 11) is 12.0. The summed E-state index contributed by atoms with van der Waals surface area (Å²) in [5.74, 6) is -3.84. The fourth-order valence-corrected chi connectivity index (χ4v) is 17.4. The van der Waals surface area contributed by atoms with Gasteiger partial charge in [0.2, 0.25) is 0 Å². The number of carbonyl (C=O) groups excluding carboxylic acids is 6. The van der Waals surface area contributed by atoms with Crippen molar-refractivity contribution in [1.82, 2.24) is 45.6 Å². The Morgan fingerprint density at radius 3 is 1.30 bits per heavy atom. The Hall–Kier alpha value is -10.1. The monoisotopic (exact) mass is 1710 g/mol. The van der Waals surface area contributed by atoms with Gasteiger partial charge in [0.05, 0.1) is 58.1 Å². The molecule has 3 heterocycles. The minimum atomic E-state index is -2.12. The van der Waals surface area contributed by atoms with Crippen LogP contribution >= 0.6 is 34.8 Å². The van der Waals surface area contributed by atoms with Crippen LogP contribution in [0, 0.1) is 5.92 Å². The van der Waals surface area contributed by atoms with E-state index < -0.39 is 70.9 Å². The number of halogens is 3. The zero-order chi connectivity index (χ0) is 86.8. The minimum Gasteiger partial charge on any atom is -0.492 e. The first-order valence-corrected chi connectivity index (χ1v) is 44.0. The van der Waals surface area contributed by atoms with Gasteiger partial charge >= 0.3 is 17.9 Å². The summed E-state index contributed by atoms with van der Waals surface area (Å²) in [6.45, 7) is 11.8. The molecule has 4 N–H and O–H groups in total. The van der Waals surface area contributed by atoms with E-state index in [2.05, 4.69) is 64.4 Å². The van der Waals surface area contributed by atoms with E-state index in [9.17, 15) is 5.11 Å². The van der Waals surface area contributed by atoms with Crippen LogP contribution in [0.25, 0.3) is 67.2 Å². The smallest absolute Gasteiger partial charge is 0.339 e. The third-order valence-corrected chi connectivity index (χ3v) is 24.3. The van der Waals surface area contributed by atoms with Crippen LogP contribution in [0.15, 0.2) is 164 Å². The van der Waals surface area contributed by atoms with Crippen molar-refractivity contribution >= 4 is 70.4 Å². The molecule has 0 spiro atoms. The van der Waals surface area contributed by atoms with Gasteiger partial charge in [0.25, 0.3) is 17.7 Å². The number of pyridine rings is 3. The lowest BCUT2D eigenvalue weighted by Gasteiger charge is -2.42. The molecule has 3 unspecified atom stereocenters. The number of esters is 3. The highest BCUT2D eigenvalue weighted by atomic mass is 35.5. The lowest BCUT2D eigenvalue weighted by molar-refractivity contribution is -0.175. The third-order valence-electron chi connectivity index (χ3n) is 23.3. The Morgan fingerprint density at radius 1 is 0.459 bits per heavy atom. The van der Waals surface area contributed by atoms with E-state index in [1.165, 1.54) is 0 Å². The van der Waals surface area contributed by atoms with Crippen molar-refractivity contribution in [3.63, 3.8) is 0 Å². The van der Waals surface area contributed by atoms with Gasteiger partial charge in [-0.2, -0.15) is 0 Å². The Morgan fingerprint density at radius 2 is 0.861 bits per heavy atom. The van der Waals surface area contributed by atoms with Gasteiger partial charge in [-0.1, -0.05) is 179 Å². The molecule has 0 aliphatic heterocycles. The van der Waals surface area contributed by atoms with Crippen LogP contribution in [0.5, 0.6) is 17.2 Å². The summed E-state index contributed by atoms with van der Waals surface area (Å²) in [6.07, 6.45) is 4.34. The second-order valence-electron chi connectivity index (χ2n) is 33.5. The molecular weight excluding hydrogens is 1600 g/mol. The van der Waals surface area contributed by atoms with Crippen LogP contribution in [0.3, 0.4) is 0 Å². The molecule has 24 heteroatoms. The molecule has 21 nitrogen and oxygen atoms in total. The number of aryl methyl sites for hydroxylation is 3. The molecule has 3 saturated carbocycles. The number of nitrogens with zero attached hydrogens (tertiary/aromatic N) is 6. The van der Waals surface area contributed by atoms with Crippen molar-refractivity contribution in [1.29, 1.82) is 0 Å². The largest absolute Gasteiger partial charge is 0.492 e. The fraction of sp³-hybridized carbons (Fsp3) is 0.418. The van der Waals surface area contributed by atoms with Crippen molar-refractivity contribution < 1.29 is 57.6 Å². The van der Waals surface area contributed by atoms with Crippen molar-refractivity contribution in [2.45, 2.75) is 179 Å². The van der Waals surface area contributed by atoms with Gasteiger partial charge in [-0.25, -0.2) is 29.3 Å². The molecule has 3 aliphatic rings. The number of aromatic nitrogens is 3. The second kappa shape index (κ2) is 41.9. The molecule has 12 rings (SSSR count). The number of rotatable bonds is 35. The number of nitrogens with one attached hydrogen (secondary N) is 3. The molecule has 644 valence electrons. The molecule has 3 aliphatic carbocycles. The van der Waals surface area contributed by atoms with Crippen LogP contribution in [-0.4, -0.2) is 181 Å². The number of aliphatic hydroxyl groups excluding tert-OH is 1. The first kappa shape index (κ1) is 91.1. The lowest BCUT2D eigenvalue weighted by Crippen LogP contribution is -2.63. The molecule has 3 fully saturated rings. The van der Waals surface area contributed by atoms with E-state index in [-0.39, 0.29) is 80.8 Å². The molecule has 6 aromatic carbocycles. The number of hydrogen-bond acceptors (Lipinski definition) is 18. The average molecular weight is 1720 g/mol. The van der Waals surface area contributed by atoms with Crippen molar-refractivity contribution in [2.24, 2.45) is 5.92 Å². The van der Waals surface area contributed by atoms with Gasteiger partial charge in [-0.05, 0) is 238 Å². The average Bonchev–Trinajstić information content (AvgIpc) is 0.769. The van der Waals surface area contributed by atoms with E-state index in [0.29, 0.717) is 124 Å². The summed E-state index contributed by atoms with van der Waals surface area (Å²) in [5.41, 5.74) is 5.41. The van der Waals surface area contributed by atoms with E-state index in [4.69, 9.17) is 73.4 Å². The molecule has 0 saturated heterocycles. The second-order valence-corrected chi connectivity index (χ2v) is 34.8. The minimum absolute atomic E-state index is 0.0109. The Bertz CT molecular complexity index is 5220. The molecular formula is C98H114Cl3N9O12. The van der Waals surface area contributed by atoms with Crippen LogP contribution in [0.2, 0.25) is 15.1 Å². The number of carbonyl (C=O) groups is 6. The van der Waals surface area contributed by atoms with Gasteiger partial charge in [0.15, 0.2) is 0 Å². The van der Waals surface area contributed by atoms with E-state index in [1.54, 1.807) is 42.5 Å². The van der Waals surface area contributed by atoms with Crippen molar-refractivity contribution in [3.8, 4) is 84.4 Å². The quantitative estimate of drug-likeness (QED) is 0.0164. The van der Waals surface area contributed by atoms with Gasteiger partial charge in [0, 0.05) is 65.4 Å². The number of ether oxygens (including phenoxy) is 5. The van der Waals surface area contributed by atoms with Crippen molar-refractivity contribution in [3.05, 3.63) is 213 Å². The predicted molar refractivity (Wildman–Crippen MR) is 481 cm³/mol. The van der Waals surface area contributed by atoms with E-state index in [1.807, 2.05) is 158 Å². The summed E-state index contributed by atoms with van der Waals surface area (Å²) in [6, 6.07) is 50.4. The van der Waals surface area contributed by atoms with Crippen LogP contribution in [0.1, 0.15) is 179 Å². The molecule has 9 aromatic rings. The highest BCUT2D eigenvalue weighted by molar-refractivity contribution is 6.33. The lowest BCUT2D eigenvalue weighted by atomic mass is 9.78. The zero-order valence-electron chi connectivity index (χ0n) is 71.8. The molecule has 3 amide bonds. The normalized spacial score (nSPS) is 17.9. The Kier molecular flexibility index (Phi) is 31.3.